The van der Waals surface area contributed by atoms with E-state index >= 15 is 0 Å². The smallest absolute Gasteiger partial charge is 0.267 e. The molecule has 1 N–H and O–H groups in total. The molecule has 4 aromatic rings. The summed E-state index contributed by atoms with van der Waals surface area (Å²) in [6, 6.07) is 24.2. The highest BCUT2D eigenvalue weighted by molar-refractivity contribution is 8.18. The Morgan fingerprint density at radius 2 is 1.73 bits per heavy atom. The topological polar surface area (TPSA) is 106 Å². The van der Waals surface area contributed by atoms with E-state index in [4.69, 9.17) is 18.6 Å². The first-order valence-corrected chi connectivity index (χ1v) is 13.4. The van der Waals surface area contributed by atoms with Crippen molar-refractivity contribution in [2.75, 3.05) is 14.2 Å². The summed E-state index contributed by atoms with van der Waals surface area (Å²) in [6.45, 7) is 0.647. The lowest BCUT2D eigenvalue weighted by atomic mass is 10.1. The van der Waals surface area contributed by atoms with Crippen molar-refractivity contribution >= 4 is 35.1 Å². The lowest BCUT2D eigenvalue weighted by Gasteiger charge is -2.12. The fourth-order valence-corrected chi connectivity index (χ4v) is 4.93. The number of carbonyl (C=O) groups excluding carboxylic acids is 1. The number of carbonyl (C=O) groups is 1. The Kier molecular flexibility index (Phi) is 8.70. The van der Waals surface area contributed by atoms with Gasteiger partial charge in [-0.05, 0) is 70.9 Å². The zero-order chi connectivity index (χ0) is 28.6. The van der Waals surface area contributed by atoms with Crippen LogP contribution in [0.3, 0.4) is 0 Å². The molecule has 3 aromatic carbocycles. The number of furan rings is 1. The van der Waals surface area contributed by atoms with Crippen LogP contribution >= 0.6 is 11.8 Å². The minimum absolute atomic E-state index is 0.117. The number of amidine groups is 1. The molecule has 0 atom stereocenters. The Hall–Kier alpha value is -4.96. The van der Waals surface area contributed by atoms with Crippen LogP contribution in [0.2, 0.25) is 0 Å². The summed E-state index contributed by atoms with van der Waals surface area (Å²) in [5.41, 5.74) is 2.49. The van der Waals surface area contributed by atoms with Crippen LogP contribution in [0.4, 0.5) is 0 Å². The summed E-state index contributed by atoms with van der Waals surface area (Å²) < 4.78 is 21.9. The summed E-state index contributed by atoms with van der Waals surface area (Å²) >= 11 is 1.18. The number of methoxy groups -OCH3 is 2. The fourth-order valence-electron chi connectivity index (χ4n) is 4.00. The SMILES string of the molecule is COc1cc(/C=C2\S/C(=N/N=C\c3cccc(OCc4ccccc4)c3)N(Cc3ccco3)C2=O)cc(OC)c1O. The molecule has 10 heteroatoms. The number of amides is 1. The number of hydrogen-bond donors (Lipinski definition) is 1. The molecule has 1 aliphatic rings. The summed E-state index contributed by atoms with van der Waals surface area (Å²) in [6.07, 6.45) is 4.85. The monoisotopic (exact) mass is 569 g/mol. The Balaban J connectivity index is 1.37. The molecule has 1 aliphatic heterocycles. The van der Waals surface area contributed by atoms with E-state index in [9.17, 15) is 9.90 Å². The van der Waals surface area contributed by atoms with Crippen molar-refractivity contribution in [3.63, 3.8) is 0 Å². The van der Waals surface area contributed by atoms with E-state index in [0.717, 1.165) is 11.1 Å². The van der Waals surface area contributed by atoms with E-state index in [-0.39, 0.29) is 29.7 Å². The second kappa shape index (κ2) is 12.9. The molecule has 1 amide bonds. The molecule has 9 nitrogen and oxygen atoms in total. The highest BCUT2D eigenvalue weighted by Gasteiger charge is 2.34. The first-order chi connectivity index (χ1) is 20.0. The number of rotatable bonds is 10. The van der Waals surface area contributed by atoms with E-state index in [2.05, 4.69) is 10.2 Å². The average molecular weight is 570 g/mol. The van der Waals surface area contributed by atoms with Gasteiger partial charge in [0.25, 0.3) is 5.91 Å². The quantitative estimate of drug-likeness (QED) is 0.140. The third kappa shape index (κ3) is 6.79. The molecule has 1 fully saturated rings. The maximum atomic E-state index is 13.4. The summed E-state index contributed by atoms with van der Waals surface area (Å²) in [4.78, 5) is 15.3. The van der Waals surface area contributed by atoms with Crippen molar-refractivity contribution in [3.8, 4) is 23.0 Å². The molecular weight excluding hydrogens is 542 g/mol. The van der Waals surface area contributed by atoms with Gasteiger partial charge in [0.2, 0.25) is 5.75 Å². The Morgan fingerprint density at radius 3 is 2.44 bits per heavy atom. The molecule has 0 saturated carbocycles. The molecule has 0 spiro atoms. The molecule has 0 bridgehead atoms. The predicted octanol–water partition coefficient (Wildman–Crippen LogP) is 6.09. The molecule has 208 valence electrons. The van der Waals surface area contributed by atoms with E-state index < -0.39 is 0 Å². The van der Waals surface area contributed by atoms with Crippen molar-refractivity contribution < 1.29 is 28.5 Å². The third-order valence-electron chi connectivity index (χ3n) is 6.04. The summed E-state index contributed by atoms with van der Waals surface area (Å²) in [5, 5.41) is 19.3. The van der Waals surface area contributed by atoms with Crippen LogP contribution in [-0.4, -0.2) is 41.5 Å². The van der Waals surface area contributed by atoms with Crippen LogP contribution in [0.25, 0.3) is 6.08 Å². The minimum atomic E-state index is -0.261. The zero-order valence-corrected chi connectivity index (χ0v) is 23.2. The van der Waals surface area contributed by atoms with Crippen molar-refractivity contribution in [1.29, 1.82) is 0 Å². The minimum Gasteiger partial charge on any atom is -0.502 e. The van der Waals surface area contributed by atoms with Gasteiger partial charge in [-0.2, -0.15) is 5.10 Å². The maximum Gasteiger partial charge on any atom is 0.267 e. The van der Waals surface area contributed by atoms with E-state index in [0.29, 0.717) is 33.8 Å². The van der Waals surface area contributed by atoms with Crippen LogP contribution in [0, 0.1) is 0 Å². The number of phenolic OH excluding ortho intramolecular Hbond substituents is 1. The van der Waals surface area contributed by atoms with Gasteiger partial charge < -0.3 is 23.7 Å². The van der Waals surface area contributed by atoms with Crippen LogP contribution < -0.4 is 14.2 Å². The largest absolute Gasteiger partial charge is 0.502 e. The molecule has 5 rings (SSSR count). The van der Waals surface area contributed by atoms with Gasteiger partial charge in [0.1, 0.15) is 18.1 Å². The molecule has 0 radical (unpaired) electrons. The van der Waals surface area contributed by atoms with Crippen molar-refractivity contribution in [3.05, 3.63) is 112 Å². The molecule has 1 aromatic heterocycles. The highest BCUT2D eigenvalue weighted by Crippen LogP contribution is 2.40. The molecule has 1 saturated heterocycles. The van der Waals surface area contributed by atoms with Crippen LogP contribution in [0.1, 0.15) is 22.5 Å². The summed E-state index contributed by atoms with van der Waals surface area (Å²) in [5.74, 6) is 1.39. The first-order valence-electron chi connectivity index (χ1n) is 12.6. The molecule has 0 aliphatic carbocycles. The number of benzene rings is 3. The van der Waals surface area contributed by atoms with Gasteiger partial charge >= 0.3 is 0 Å². The standard InChI is InChI=1S/C31H27N3O6S/c1-37-26-15-23(16-27(38-2)29(26)35)17-28-30(36)34(19-25-12-7-13-39-25)31(41-28)33-32-18-22-10-6-11-24(14-22)40-20-21-8-4-3-5-9-21/h3-18,35H,19-20H2,1-2H3/b28-17-,32-18-,33-31+. The number of nitrogens with zero attached hydrogens (tertiary/aromatic N) is 3. The molecular formula is C31H27N3O6S. The van der Waals surface area contributed by atoms with Gasteiger partial charge in [-0.25, -0.2) is 0 Å². The van der Waals surface area contributed by atoms with E-state index in [1.807, 2.05) is 54.6 Å². The third-order valence-corrected chi connectivity index (χ3v) is 7.04. The van der Waals surface area contributed by atoms with Gasteiger partial charge in [0.15, 0.2) is 16.7 Å². The van der Waals surface area contributed by atoms with Gasteiger partial charge in [-0.1, -0.05) is 42.5 Å². The second-order valence-electron chi connectivity index (χ2n) is 8.83. The zero-order valence-electron chi connectivity index (χ0n) is 22.4. The lowest BCUT2D eigenvalue weighted by Crippen LogP contribution is -2.28. The van der Waals surface area contributed by atoms with Crippen LogP contribution in [0.15, 0.2) is 105 Å². The molecule has 2 heterocycles. The van der Waals surface area contributed by atoms with Crippen molar-refractivity contribution in [1.82, 2.24) is 4.90 Å². The van der Waals surface area contributed by atoms with Crippen molar-refractivity contribution in [2.24, 2.45) is 10.2 Å². The van der Waals surface area contributed by atoms with E-state index in [1.54, 1.807) is 42.8 Å². The second-order valence-corrected chi connectivity index (χ2v) is 9.84. The Bertz CT molecular complexity index is 1570. The fraction of sp³-hybridized carbons (Fsp3) is 0.129. The molecule has 0 unspecified atom stereocenters. The Morgan fingerprint density at radius 1 is 0.951 bits per heavy atom. The predicted molar refractivity (Wildman–Crippen MR) is 158 cm³/mol. The number of ether oxygens (including phenoxy) is 3. The average Bonchev–Trinajstić information content (AvgIpc) is 3.62. The number of thioether (sulfide) groups is 1. The van der Waals surface area contributed by atoms with Crippen LogP contribution in [0.5, 0.6) is 23.0 Å². The number of hydrogen-bond acceptors (Lipinski definition) is 9. The van der Waals surface area contributed by atoms with Gasteiger partial charge in [-0.3, -0.25) is 9.69 Å². The summed E-state index contributed by atoms with van der Waals surface area (Å²) in [7, 11) is 2.89. The highest BCUT2D eigenvalue weighted by atomic mass is 32.2. The van der Waals surface area contributed by atoms with E-state index in [1.165, 1.54) is 30.9 Å². The van der Waals surface area contributed by atoms with Gasteiger partial charge in [0.05, 0.1) is 38.1 Å². The molecule has 41 heavy (non-hydrogen) atoms. The first kappa shape index (κ1) is 27.6. The lowest BCUT2D eigenvalue weighted by molar-refractivity contribution is -0.122. The van der Waals surface area contributed by atoms with Gasteiger partial charge in [0, 0.05) is 0 Å². The van der Waals surface area contributed by atoms with Gasteiger partial charge in [-0.15, -0.1) is 5.10 Å². The Labute approximate surface area is 241 Å². The van der Waals surface area contributed by atoms with Crippen LogP contribution in [-0.2, 0) is 17.9 Å². The number of aromatic hydroxyl groups is 1. The van der Waals surface area contributed by atoms with Crippen molar-refractivity contribution in [2.45, 2.75) is 13.2 Å². The maximum absolute atomic E-state index is 13.4. The number of phenols is 1. The normalized spacial score (nSPS) is 15.3.